The minimum absolute atomic E-state index is 0.194. The second-order valence-electron chi connectivity index (χ2n) is 5.45. The van der Waals surface area contributed by atoms with Crippen LogP contribution in [-0.4, -0.2) is 65.7 Å². The lowest BCUT2D eigenvalue weighted by atomic mass is 9.90. The molecule has 1 saturated heterocycles. The first-order chi connectivity index (χ1) is 10.5. The molecule has 0 bridgehead atoms. The fourth-order valence-corrected chi connectivity index (χ4v) is 2.88. The van der Waals surface area contributed by atoms with Crippen LogP contribution in [0.5, 0.6) is 0 Å². The summed E-state index contributed by atoms with van der Waals surface area (Å²) in [4.78, 5) is 38.6. The first kappa shape index (κ1) is 16.3. The van der Waals surface area contributed by atoms with Crippen molar-refractivity contribution in [3.63, 3.8) is 0 Å². The van der Waals surface area contributed by atoms with Gasteiger partial charge in [0.15, 0.2) is 0 Å². The first-order valence-electron chi connectivity index (χ1n) is 7.71. The number of nitrogens with zero attached hydrogens (tertiary/aromatic N) is 2. The van der Waals surface area contributed by atoms with E-state index in [0.29, 0.717) is 51.2 Å². The van der Waals surface area contributed by atoms with Gasteiger partial charge in [-0.2, -0.15) is 0 Å². The van der Waals surface area contributed by atoms with Gasteiger partial charge in [0.05, 0.1) is 6.61 Å². The van der Waals surface area contributed by atoms with Crippen molar-refractivity contribution < 1.29 is 24.2 Å². The van der Waals surface area contributed by atoms with E-state index in [1.165, 1.54) is 0 Å². The Kier molecular flexibility index (Phi) is 5.41. The van der Waals surface area contributed by atoms with E-state index in [1.54, 1.807) is 16.7 Å². The van der Waals surface area contributed by atoms with E-state index < -0.39 is 5.97 Å². The Morgan fingerprint density at radius 3 is 2.09 bits per heavy atom. The Labute approximate surface area is 129 Å². The highest BCUT2D eigenvalue weighted by molar-refractivity contribution is 6.02. The summed E-state index contributed by atoms with van der Waals surface area (Å²) < 4.78 is 4.94. The number of ether oxygens (including phenoxy) is 1. The summed E-state index contributed by atoms with van der Waals surface area (Å²) in [6, 6.07) is 0. The van der Waals surface area contributed by atoms with E-state index in [4.69, 9.17) is 4.74 Å². The van der Waals surface area contributed by atoms with Gasteiger partial charge in [-0.25, -0.2) is 9.59 Å². The van der Waals surface area contributed by atoms with Gasteiger partial charge >= 0.3 is 12.1 Å². The van der Waals surface area contributed by atoms with E-state index >= 15 is 0 Å². The second-order valence-corrected chi connectivity index (χ2v) is 5.45. The number of hydrogen-bond donors (Lipinski definition) is 1. The molecule has 122 valence electrons. The SMILES string of the molecule is CCOC(=O)N1CCN(C(=O)C2=C(C(=O)O)CCCC2)CC1. The molecule has 0 atom stereocenters. The molecule has 1 fully saturated rings. The van der Waals surface area contributed by atoms with Gasteiger partial charge in [0.25, 0.3) is 0 Å². The molecule has 0 radical (unpaired) electrons. The molecule has 1 aliphatic heterocycles. The van der Waals surface area contributed by atoms with Gasteiger partial charge in [-0.15, -0.1) is 0 Å². The van der Waals surface area contributed by atoms with E-state index in [9.17, 15) is 19.5 Å². The molecule has 7 nitrogen and oxygen atoms in total. The quantitative estimate of drug-likeness (QED) is 0.847. The maximum absolute atomic E-state index is 12.5. The van der Waals surface area contributed by atoms with Crippen molar-refractivity contribution in [3.8, 4) is 0 Å². The minimum atomic E-state index is -0.992. The van der Waals surface area contributed by atoms with Crippen molar-refractivity contribution >= 4 is 18.0 Å². The zero-order chi connectivity index (χ0) is 16.1. The Bertz CT molecular complexity index is 492. The zero-order valence-electron chi connectivity index (χ0n) is 12.8. The van der Waals surface area contributed by atoms with E-state index in [1.807, 2.05) is 0 Å². The highest BCUT2D eigenvalue weighted by Gasteiger charge is 2.30. The van der Waals surface area contributed by atoms with Crippen molar-refractivity contribution in [1.29, 1.82) is 0 Å². The highest BCUT2D eigenvalue weighted by atomic mass is 16.6. The largest absolute Gasteiger partial charge is 0.478 e. The number of carbonyl (C=O) groups is 3. The van der Waals surface area contributed by atoms with Crippen molar-refractivity contribution in [2.24, 2.45) is 0 Å². The monoisotopic (exact) mass is 310 g/mol. The Hall–Kier alpha value is -2.05. The average Bonchev–Trinajstić information content (AvgIpc) is 2.54. The molecule has 2 aliphatic rings. The molecular weight excluding hydrogens is 288 g/mol. The number of rotatable bonds is 3. The normalized spacial score (nSPS) is 19.1. The van der Waals surface area contributed by atoms with Gasteiger partial charge in [0.1, 0.15) is 0 Å². The van der Waals surface area contributed by atoms with Crippen LogP contribution in [0.25, 0.3) is 0 Å². The average molecular weight is 310 g/mol. The number of carbonyl (C=O) groups excluding carboxylic acids is 2. The number of hydrogen-bond acceptors (Lipinski definition) is 4. The smallest absolute Gasteiger partial charge is 0.409 e. The maximum Gasteiger partial charge on any atom is 0.409 e. The molecular formula is C15H22N2O5. The Morgan fingerprint density at radius 1 is 1.00 bits per heavy atom. The first-order valence-corrected chi connectivity index (χ1v) is 7.71. The molecule has 0 spiro atoms. The van der Waals surface area contributed by atoms with Crippen LogP contribution >= 0.6 is 0 Å². The van der Waals surface area contributed by atoms with E-state index in [-0.39, 0.29) is 17.6 Å². The van der Waals surface area contributed by atoms with Crippen LogP contribution in [0.4, 0.5) is 4.79 Å². The molecule has 0 aromatic rings. The van der Waals surface area contributed by atoms with Crippen LogP contribution in [-0.2, 0) is 14.3 Å². The Morgan fingerprint density at radius 2 is 1.55 bits per heavy atom. The summed E-state index contributed by atoms with van der Waals surface area (Å²) in [6.45, 7) is 3.73. The summed E-state index contributed by atoms with van der Waals surface area (Å²) in [5, 5.41) is 9.23. The fraction of sp³-hybridized carbons (Fsp3) is 0.667. The van der Waals surface area contributed by atoms with Gasteiger partial charge in [-0.1, -0.05) is 0 Å². The highest BCUT2D eigenvalue weighted by Crippen LogP contribution is 2.26. The van der Waals surface area contributed by atoms with E-state index in [2.05, 4.69) is 0 Å². The van der Waals surface area contributed by atoms with Crippen LogP contribution in [0.2, 0.25) is 0 Å². The number of amides is 2. The lowest BCUT2D eigenvalue weighted by molar-refractivity contribution is -0.134. The Balaban J connectivity index is 2.00. The topological polar surface area (TPSA) is 87.2 Å². The van der Waals surface area contributed by atoms with Crippen LogP contribution in [0.1, 0.15) is 32.6 Å². The number of aliphatic carboxylic acids is 1. The van der Waals surface area contributed by atoms with Crippen LogP contribution in [0.15, 0.2) is 11.1 Å². The number of piperazine rings is 1. The summed E-state index contributed by atoms with van der Waals surface area (Å²) in [7, 11) is 0. The molecule has 0 aromatic carbocycles. The summed E-state index contributed by atoms with van der Waals surface area (Å²) in [6.07, 6.45) is 2.28. The van der Waals surface area contributed by atoms with Crippen LogP contribution in [0.3, 0.4) is 0 Å². The second kappa shape index (κ2) is 7.29. The fourth-order valence-electron chi connectivity index (χ4n) is 2.88. The third-order valence-corrected chi connectivity index (χ3v) is 4.08. The van der Waals surface area contributed by atoms with E-state index in [0.717, 1.165) is 12.8 Å². The lowest BCUT2D eigenvalue weighted by Crippen LogP contribution is -2.51. The molecule has 0 aromatic heterocycles. The molecule has 2 rings (SSSR count). The molecule has 0 unspecified atom stereocenters. The predicted molar refractivity (Wildman–Crippen MR) is 78.3 cm³/mol. The molecule has 0 saturated carbocycles. The lowest BCUT2D eigenvalue weighted by Gasteiger charge is -2.35. The summed E-state index contributed by atoms with van der Waals surface area (Å²) in [5.41, 5.74) is 0.687. The van der Waals surface area contributed by atoms with Crippen molar-refractivity contribution in [2.45, 2.75) is 32.6 Å². The van der Waals surface area contributed by atoms with Gasteiger partial charge in [0.2, 0.25) is 5.91 Å². The molecule has 2 amide bonds. The zero-order valence-corrected chi connectivity index (χ0v) is 12.8. The number of carboxylic acid groups (broad SMARTS) is 1. The van der Waals surface area contributed by atoms with Gasteiger partial charge in [-0.3, -0.25) is 4.79 Å². The maximum atomic E-state index is 12.5. The van der Waals surface area contributed by atoms with Gasteiger partial charge in [0, 0.05) is 37.3 Å². The third-order valence-electron chi connectivity index (χ3n) is 4.08. The minimum Gasteiger partial charge on any atom is -0.478 e. The standard InChI is InChI=1S/C15H22N2O5/c1-2-22-15(21)17-9-7-16(8-10-17)13(18)11-5-3-4-6-12(11)14(19)20/h2-10H2,1H3,(H,19,20). The summed E-state index contributed by atoms with van der Waals surface area (Å²) in [5.74, 6) is -1.19. The van der Waals surface area contributed by atoms with Crippen molar-refractivity contribution in [1.82, 2.24) is 9.80 Å². The van der Waals surface area contributed by atoms with Crippen LogP contribution in [0, 0.1) is 0 Å². The summed E-state index contributed by atoms with van der Waals surface area (Å²) >= 11 is 0. The molecule has 1 N–H and O–H groups in total. The van der Waals surface area contributed by atoms with Gasteiger partial charge < -0.3 is 19.6 Å². The van der Waals surface area contributed by atoms with Gasteiger partial charge in [-0.05, 0) is 32.6 Å². The predicted octanol–water partition coefficient (Wildman–Crippen LogP) is 1.24. The molecule has 1 heterocycles. The van der Waals surface area contributed by atoms with Crippen molar-refractivity contribution in [2.75, 3.05) is 32.8 Å². The third kappa shape index (κ3) is 3.58. The molecule has 22 heavy (non-hydrogen) atoms. The number of carboxylic acids is 1. The van der Waals surface area contributed by atoms with Crippen molar-refractivity contribution in [3.05, 3.63) is 11.1 Å². The van der Waals surface area contributed by atoms with Crippen LogP contribution < -0.4 is 0 Å². The molecule has 1 aliphatic carbocycles. The molecule has 7 heteroatoms.